The van der Waals surface area contributed by atoms with Crippen LogP contribution in [0.2, 0.25) is 0 Å². The lowest BCUT2D eigenvalue weighted by molar-refractivity contribution is -0.121. The average Bonchev–Trinajstić information content (AvgIpc) is 3.24. The lowest BCUT2D eigenvalue weighted by Gasteiger charge is -2.19. The number of ether oxygens (including phenoxy) is 1. The number of benzene rings is 1. The molecular formula is C20H24O3S. The number of thiophene rings is 1. The Bertz CT molecular complexity index is 651. The Kier molecular flexibility index (Phi) is 6.18. The molecule has 2 aromatic rings. The summed E-state index contributed by atoms with van der Waals surface area (Å²) in [7, 11) is 0. The second-order valence-electron chi connectivity index (χ2n) is 6.43. The van der Waals surface area contributed by atoms with E-state index in [-0.39, 0.29) is 12.5 Å². The van der Waals surface area contributed by atoms with E-state index >= 15 is 0 Å². The summed E-state index contributed by atoms with van der Waals surface area (Å²) in [4.78, 5) is 13.5. The molecule has 3 nitrogen and oxygen atoms in total. The van der Waals surface area contributed by atoms with Crippen LogP contribution >= 0.6 is 11.3 Å². The van der Waals surface area contributed by atoms with Gasteiger partial charge in [0.1, 0.15) is 5.78 Å². The number of hydrogen-bond acceptors (Lipinski definition) is 4. The first-order valence-electron chi connectivity index (χ1n) is 8.58. The van der Waals surface area contributed by atoms with Crippen molar-refractivity contribution < 1.29 is 14.6 Å². The lowest BCUT2D eigenvalue weighted by atomic mass is 9.89. The summed E-state index contributed by atoms with van der Waals surface area (Å²) < 4.78 is 5.86. The highest BCUT2D eigenvalue weighted by atomic mass is 32.1. The van der Waals surface area contributed by atoms with E-state index in [0.29, 0.717) is 31.3 Å². The number of Topliss-reactive ketones (excluding diaryl/α,β-unsaturated/α-hetero) is 1. The molecule has 128 valence electrons. The van der Waals surface area contributed by atoms with Crippen LogP contribution in [0.1, 0.15) is 35.3 Å². The number of rotatable bonds is 8. The van der Waals surface area contributed by atoms with Crippen molar-refractivity contribution in [1.29, 1.82) is 0 Å². The highest BCUT2D eigenvalue weighted by molar-refractivity contribution is 7.09. The molecule has 4 heteroatoms. The normalized spacial score (nSPS) is 20.6. The van der Waals surface area contributed by atoms with Gasteiger partial charge in [-0.2, -0.15) is 0 Å². The van der Waals surface area contributed by atoms with Gasteiger partial charge in [-0.1, -0.05) is 30.3 Å². The monoisotopic (exact) mass is 344 g/mol. The minimum absolute atomic E-state index is 0.0577. The van der Waals surface area contributed by atoms with Gasteiger partial charge < -0.3 is 9.84 Å². The topological polar surface area (TPSA) is 46.5 Å². The van der Waals surface area contributed by atoms with E-state index in [1.54, 1.807) is 11.3 Å². The van der Waals surface area contributed by atoms with Gasteiger partial charge in [-0.15, -0.1) is 11.3 Å². The van der Waals surface area contributed by atoms with Crippen molar-refractivity contribution in [2.24, 2.45) is 11.8 Å². The molecule has 0 spiro atoms. The zero-order valence-corrected chi connectivity index (χ0v) is 14.6. The molecule has 3 rings (SSSR count). The van der Waals surface area contributed by atoms with E-state index in [2.05, 4.69) is 11.4 Å². The van der Waals surface area contributed by atoms with Gasteiger partial charge in [0.25, 0.3) is 0 Å². The smallest absolute Gasteiger partial charge is 0.136 e. The highest BCUT2D eigenvalue weighted by Gasteiger charge is 2.34. The average molecular weight is 344 g/mol. The molecule has 0 amide bonds. The molecule has 0 saturated heterocycles. The van der Waals surface area contributed by atoms with E-state index in [1.165, 1.54) is 4.88 Å². The first-order chi connectivity index (χ1) is 11.8. The van der Waals surface area contributed by atoms with Gasteiger partial charge in [0.2, 0.25) is 0 Å². The molecule has 1 heterocycles. The van der Waals surface area contributed by atoms with Crippen molar-refractivity contribution in [2.75, 3.05) is 6.61 Å². The Morgan fingerprint density at radius 1 is 1.17 bits per heavy atom. The van der Waals surface area contributed by atoms with Crippen molar-refractivity contribution in [2.45, 2.75) is 38.9 Å². The summed E-state index contributed by atoms with van der Waals surface area (Å²) in [6, 6.07) is 12.0. The Morgan fingerprint density at radius 3 is 2.75 bits per heavy atom. The van der Waals surface area contributed by atoms with Gasteiger partial charge in [-0.3, -0.25) is 4.79 Å². The second kappa shape index (κ2) is 8.56. The fourth-order valence-corrected chi connectivity index (χ4v) is 4.19. The fourth-order valence-electron chi connectivity index (χ4n) is 3.55. The van der Waals surface area contributed by atoms with Gasteiger partial charge in [0, 0.05) is 17.2 Å². The van der Waals surface area contributed by atoms with Crippen LogP contribution in [0, 0.1) is 11.8 Å². The molecule has 1 aliphatic carbocycles. The molecule has 1 aromatic carbocycles. The van der Waals surface area contributed by atoms with E-state index in [9.17, 15) is 9.90 Å². The predicted molar refractivity (Wildman–Crippen MR) is 95.9 cm³/mol. The number of carbonyl (C=O) groups excluding carboxylic acids is 1. The summed E-state index contributed by atoms with van der Waals surface area (Å²) in [5.74, 6) is 0.806. The molecule has 0 radical (unpaired) electrons. The zero-order chi connectivity index (χ0) is 16.8. The number of aliphatic hydroxyl groups is 1. The number of hydrogen-bond donors (Lipinski definition) is 1. The first-order valence-corrected chi connectivity index (χ1v) is 9.46. The van der Waals surface area contributed by atoms with E-state index in [4.69, 9.17) is 4.74 Å². The molecular weight excluding hydrogens is 320 g/mol. The molecule has 1 fully saturated rings. The summed E-state index contributed by atoms with van der Waals surface area (Å²) in [5.41, 5.74) is 2.12. The molecule has 0 unspecified atom stereocenters. The summed E-state index contributed by atoms with van der Waals surface area (Å²) in [6.45, 7) is 1.36. The minimum atomic E-state index is 0.0577. The highest BCUT2D eigenvalue weighted by Crippen LogP contribution is 2.33. The maximum absolute atomic E-state index is 12.2. The molecule has 1 saturated carbocycles. The van der Waals surface area contributed by atoms with Crippen molar-refractivity contribution in [3.8, 4) is 0 Å². The van der Waals surface area contributed by atoms with Crippen LogP contribution in [-0.2, 0) is 29.2 Å². The van der Waals surface area contributed by atoms with Gasteiger partial charge in [-0.05, 0) is 47.8 Å². The standard InChI is InChI=1S/C20H24O3S/c21-12-16-5-2-1-4-15(16)7-9-19-17(8-10-20(19)22)13-23-14-18-6-3-11-24-18/h1-6,11,17,19,21H,7-10,12-14H2/t17-,19-/m1/s1. The van der Waals surface area contributed by atoms with Gasteiger partial charge in [-0.25, -0.2) is 0 Å². The van der Waals surface area contributed by atoms with Crippen LogP contribution in [-0.4, -0.2) is 17.5 Å². The third-order valence-corrected chi connectivity index (χ3v) is 5.76. The van der Waals surface area contributed by atoms with Crippen LogP contribution in [0.4, 0.5) is 0 Å². The second-order valence-corrected chi connectivity index (χ2v) is 7.46. The van der Waals surface area contributed by atoms with E-state index < -0.39 is 0 Å². The molecule has 1 aromatic heterocycles. The molecule has 0 bridgehead atoms. The Labute approximate surface area is 147 Å². The Morgan fingerprint density at radius 2 is 2.00 bits per heavy atom. The molecule has 2 atom stereocenters. The van der Waals surface area contributed by atoms with Gasteiger partial charge in [0.05, 0.1) is 19.8 Å². The maximum Gasteiger partial charge on any atom is 0.136 e. The van der Waals surface area contributed by atoms with Crippen molar-refractivity contribution in [1.82, 2.24) is 0 Å². The summed E-state index contributed by atoms with van der Waals surface area (Å²) >= 11 is 1.70. The molecule has 1 aliphatic rings. The third-order valence-electron chi connectivity index (χ3n) is 4.91. The number of aliphatic hydroxyl groups excluding tert-OH is 1. The van der Waals surface area contributed by atoms with Crippen molar-refractivity contribution in [3.63, 3.8) is 0 Å². The minimum Gasteiger partial charge on any atom is -0.392 e. The third kappa shape index (κ3) is 4.32. The summed E-state index contributed by atoms with van der Waals surface area (Å²) in [5, 5.41) is 11.5. The number of ketones is 1. The van der Waals surface area contributed by atoms with Gasteiger partial charge >= 0.3 is 0 Å². The molecule has 0 aliphatic heterocycles. The quantitative estimate of drug-likeness (QED) is 0.788. The van der Waals surface area contributed by atoms with E-state index in [0.717, 1.165) is 30.4 Å². The van der Waals surface area contributed by atoms with E-state index in [1.807, 2.05) is 30.3 Å². The van der Waals surface area contributed by atoms with Crippen LogP contribution in [0.5, 0.6) is 0 Å². The van der Waals surface area contributed by atoms with Crippen LogP contribution in [0.15, 0.2) is 41.8 Å². The van der Waals surface area contributed by atoms with Crippen LogP contribution < -0.4 is 0 Å². The Balaban J connectivity index is 1.53. The largest absolute Gasteiger partial charge is 0.392 e. The van der Waals surface area contributed by atoms with Gasteiger partial charge in [0.15, 0.2) is 0 Å². The first kappa shape index (κ1) is 17.3. The molecule has 24 heavy (non-hydrogen) atoms. The zero-order valence-electron chi connectivity index (χ0n) is 13.8. The Hall–Kier alpha value is -1.49. The fraction of sp³-hybridized carbons (Fsp3) is 0.450. The SMILES string of the molecule is O=C1CC[C@H](COCc2cccs2)[C@H]1CCc1ccccc1CO. The maximum atomic E-state index is 12.2. The number of carbonyl (C=O) groups is 1. The predicted octanol–water partition coefficient (Wildman–Crippen LogP) is 3.99. The van der Waals surface area contributed by atoms with Crippen molar-refractivity contribution in [3.05, 3.63) is 57.8 Å². The lowest BCUT2D eigenvalue weighted by Crippen LogP contribution is -2.20. The molecule has 1 N–H and O–H groups in total. The summed E-state index contributed by atoms with van der Waals surface area (Å²) in [6.07, 6.45) is 3.31. The van der Waals surface area contributed by atoms with Crippen molar-refractivity contribution >= 4 is 17.1 Å². The number of aryl methyl sites for hydroxylation is 1. The van der Waals surface area contributed by atoms with Crippen LogP contribution in [0.3, 0.4) is 0 Å². The van der Waals surface area contributed by atoms with Crippen LogP contribution in [0.25, 0.3) is 0 Å².